The topological polar surface area (TPSA) is 87.0 Å². The van der Waals surface area contributed by atoms with Gasteiger partial charge in [-0.25, -0.2) is 0 Å². The van der Waals surface area contributed by atoms with Crippen molar-refractivity contribution >= 4 is 46.0 Å². The van der Waals surface area contributed by atoms with E-state index < -0.39 is 21.0 Å². The molecule has 0 aliphatic rings. The van der Waals surface area contributed by atoms with Gasteiger partial charge in [0.05, 0.1) is 6.61 Å². The van der Waals surface area contributed by atoms with Crippen molar-refractivity contribution < 1.29 is 27.0 Å². The maximum Gasteiger partial charge on any atom is 2.00 e. The molecule has 0 aromatic carbocycles. The third-order valence-electron chi connectivity index (χ3n) is 0.588. The molecule has 0 saturated heterocycles. The molecule has 0 spiro atoms. The predicted molar refractivity (Wildman–Crippen MR) is 36.8 cm³/mol. The van der Waals surface area contributed by atoms with E-state index in [9.17, 15) is 4.57 Å². The standard InChI is InChI=1S/C3H7O5P.Ca.2H/c4-1-3(5)2-8-9(6)7;;;/h3-5H,1-2H2;;;/q;+2;2*-1/p+1. The Bertz CT molecular complexity index is 107. The summed E-state index contributed by atoms with van der Waals surface area (Å²) in [5.41, 5.74) is 0. The number of aliphatic hydroxyl groups is 2. The zero-order valence-corrected chi connectivity index (χ0v) is 8.41. The summed E-state index contributed by atoms with van der Waals surface area (Å²) in [6, 6.07) is 0. The SMILES string of the molecule is O=[P+](O)OCC(O)CO.[Ca+2].[H-].[H-]. The molecule has 5 nitrogen and oxygen atoms in total. The van der Waals surface area contributed by atoms with Crippen molar-refractivity contribution in [3.63, 3.8) is 0 Å². The van der Waals surface area contributed by atoms with Gasteiger partial charge in [0.15, 0.2) is 0 Å². The van der Waals surface area contributed by atoms with Crippen molar-refractivity contribution in [3.8, 4) is 0 Å². The molecule has 0 aliphatic carbocycles. The van der Waals surface area contributed by atoms with Crippen molar-refractivity contribution in [2.24, 2.45) is 0 Å². The maximum absolute atomic E-state index is 9.75. The summed E-state index contributed by atoms with van der Waals surface area (Å²) in [6.07, 6.45) is -1.07. The third-order valence-corrected chi connectivity index (χ3v) is 0.958. The van der Waals surface area contributed by atoms with Crippen LogP contribution >= 0.6 is 8.25 Å². The van der Waals surface area contributed by atoms with Crippen molar-refractivity contribution in [3.05, 3.63) is 0 Å². The predicted octanol–water partition coefficient (Wildman–Crippen LogP) is -1.15. The van der Waals surface area contributed by atoms with Crippen molar-refractivity contribution in [1.82, 2.24) is 0 Å². The Morgan fingerprint density at radius 1 is 1.70 bits per heavy atom. The summed E-state index contributed by atoms with van der Waals surface area (Å²) in [5.74, 6) is 0. The van der Waals surface area contributed by atoms with Gasteiger partial charge in [0.1, 0.15) is 12.7 Å². The summed E-state index contributed by atoms with van der Waals surface area (Å²) >= 11 is 0. The molecule has 0 heterocycles. The van der Waals surface area contributed by atoms with E-state index in [1.54, 1.807) is 0 Å². The summed E-state index contributed by atoms with van der Waals surface area (Å²) in [7, 11) is -2.66. The van der Waals surface area contributed by atoms with Gasteiger partial charge in [-0.2, -0.15) is 0 Å². The molecular formula is C3H10CaO5P+. The van der Waals surface area contributed by atoms with Crippen molar-refractivity contribution in [2.45, 2.75) is 6.10 Å². The van der Waals surface area contributed by atoms with Gasteiger partial charge in [-0.05, 0) is 0 Å². The van der Waals surface area contributed by atoms with Gasteiger partial charge in [-0.1, -0.05) is 0 Å². The Morgan fingerprint density at radius 2 is 2.20 bits per heavy atom. The van der Waals surface area contributed by atoms with Crippen LogP contribution in [0, 0.1) is 0 Å². The number of rotatable bonds is 4. The number of hydrogen-bond donors (Lipinski definition) is 3. The molecular weight excluding hydrogens is 187 g/mol. The Hall–Kier alpha value is 1.20. The molecule has 10 heavy (non-hydrogen) atoms. The molecule has 0 fully saturated rings. The van der Waals surface area contributed by atoms with E-state index in [0.29, 0.717) is 0 Å². The average molecular weight is 197 g/mol. The average Bonchev–Trinajstić information content (AvgIpc) is 1.83. The summed E-state index contributed by atoms with van der Waals surface area (Å²) in [4.78, 5) is 7.99. The Balaban J connectivity index is -0.000000107. The van der Waals surface area contributed by atoms with Crippen LogP contribution in [0.15, 0.2) is 0 Å². The van der Waals surface area contributed by atoms with Crippen molar-refractivity contribution in [1.29, 1.82) is 0 Å². The first-order valence-corrected chi connectivity index (χ1v) is 3.38. The first kappa shape index (κ1) is 13.8. The zero-order valence-electron chi connectivity index (χ0n) is 7.30. The first-order chi connectivity index (χ1) is 4.16. The van der Waals surface area contributed by atoms with Crippen LogP contribution < -0.4 is 0 Å². The van der Waals surface area contributed by atoms with Crippen LogP contribution in [0.3, 0.4) is 0 Å². The molecule has 0 aromatic heterocycles. The van der Waals surface area contributed by atoms with Gasteiger partial charge in [0.25, 0.3) is 0 Å². The van der Waals surface area contributed by atoms with Crippen LogP contribution in [0.5, 0.6) is 0 Å². The van der Waals surface area contributed by atoms with Gasteiger partial charge in [-0.3, -0.25) is 0 Å². The van der Waals surface area contributed by atoms with Crippen LogP contribution in [0.1, 0.15) is 2.85 Å². The summed E-state index contributed by atoms with van der Waals surface area (Å²) in [5, 5.41) is 16.6. The molecule has 0 aromatic rings. The quantitative estimate of drug-likeness (QED) is 0.391. The second-order valence-electron chi connectivity index (χ2n) is 1.37. The number of aliphatic hydroxyl groups excluding tert-OH is 2. The van der Waals surface area contributed by atoms with Crippen LogP contribution in [-0.2, 0) is 9.09 Å². The van der Waals surface area contributed by atoms with Gasteiger partial charge < -0.3 is 13.1 Å². The Morgan fingerprint density at radius 3 is 2.50 bits per heavy atom. The van der Waals surface area contributed by atoms with Gasteiger partial charge in [-0.15, -0.1) is 9.42 Å². The molecule has 0 radical (unpaired) electrons. The second-order valence-corrected chi connectivity index (χ2v) is 2.10. The van der Waals surface area contributed by atoms with Gasteiger partial charge in [0, 0.05) is 4.57 Å². The van der Waals surface area contributed by atoms with Crippen LogP contribution in [0.4, 0.5) is 0 Å². The molecule has 2 atom stereocenters. The zero-order chi connectivity index (χ0) is 7.28. The van der Waals surface area contributed by atoms with E-state index in [4.69, 9.17) is 15.1 Å². The minimum absolute atomic E-state index is 0. The molecule has 7 heteroatoms. The van der Waals surface area contributed by atoms with E-state index in [2.05, 4.69) is 4.52 Å². The van der Waals surface area contributed by atoms with Gasteiger partial charge >= 0.3 is 46.0 Å². The largest absolute Gasteiger partial charge is 2.00 e. The van der Waals surface area contributed by atoms with E-state index in [0.717, 1.165) is 0 Å². The van der Waals surface area contributed by atoms with Gasteiger partial charge in [0.2, 0.25) is 0 Å². The van der Waals surface area contributed by atoms with Crippen molar-refractivity contribution in [2.75, 3.05) is 13.2 Å². The molecule has 58 valence electrons. The Labute approximate surface area is 91.9 Å². The van der Waals surface area contributed by atoms with E-state index in [1.165, 1.54) is 0 Å². The minimum atomic E-state index is -2.66. The molecule has 2 unspecified atom stereocenters. The molecule has 0 amide bonds. The Kier molecular flexibility index (Phi) is 11.4. The second kappa shape index (κ2) is 8.30. The fourth-order valence-electron chi connectivity index (χ4n) is 0.203. The molecule has 0 bridgehead atoms. The molecule has 3 N–H and O–H groups in total. The van der Waals surface area contributed by atoms with Crippen LogP contribution in [0.25, 0.3) is 0 Å². The number of hydrogen-bond acceptors (Lipinski definition) is 4. The fraction of sp³-hybridized carbons (Fsp3) is 1.00. The van der Waals surface area contributed by atoms with Crippen LogP contribution in [0.2, 0.25) is 0 Å². The maximum atomic E-state index is 9.75. The summed E-state index contributed by atoms with van der Waals surface area (Å²) in [6.45, 7) is -0.786. The van der Waals surface area contributed by atoms with Crippen LogP contribution in [-0.4, -0.2) is 72.2 Å². The monoisotopic (exact) mass is 197 g/mol. The minimum Gasteiger partial charge on any atom is -1.00 e. The first-order valence-electron chi connectivity index (χ1n) is 2.24. The smallest absolute Gasteiger partial charge is 1.00 e. The fourth-order valence-corrected chi connectivity index (χ4v) is 0.502. The molecule has 0 saturated carbocycles. The van der Waals surface area contributed by atoms with E-state index in [1.807, 2.05) is 0 Å². The normalized spacial score (nSPS) is 13.7. The van der Waals surface area contributed by atoms with E-state index in [-0.39, 0.29) is 47.2 Å². The van der Waals surface area contributed by atoms with E-state index >= 15 is 0 Å². The molecule has 0 aliphatic heterocycles. The molecule has 0 rings (SSSR count). The third kappa shape index (κ3) is 9.20. The summed E-state index contributed by atoms with van der Waals surface area (Å²) < 4.78 is 13.8.